The SMILES string of the molecule is CCOc1c(N)nsc1NCC1CC1(C)C. The van der Waals surface area contributed by atoms with Gasteiger partial charge in [0.05, 0.1) is 6.61 Å². The predicted octanol–water partition coefficient (Wildman–Crippen LogP) is 2.58. The molecule has 5 heteroatoms. The highest BCUT2D eigenvalue weighted by atomic mass is 32.1. The zero-order valence-electron chi connectivity index (χ0n) is 10.0. The van der Waals surface area contributed by atoms with Gasteiger partial charge >= 0.3 is 0 Å². The molecule has 0 spiro atoms. The Hall–Kier alpha value is -0.970. The van der Waals surface area contributed by atoms with Crippen molar-refractivity contribution in [3.05, 3.63) is 0 Å². The fraction of sp³-hybridized carbons (Fsp3) is 0.727. The Morgan fingerprint density at radius 1 is 1.62 bits per heavy atom. The summed E-state index contributed by atoms with van der Waals surface area (Å²) in [7, 11) is 0. The molecule has 2 rings (SSSR count). The number of nitrogens with zero attached hydrogens (tertiary/aromatic N) is 1. The second kappa shape index (κ2) is 4.13. The first-order valence-electron chi connectivity index (χ1n) is 5.66. The second-order valence-electron chi connectivity index (χ2n) is 4.93. The highest BCUT2D eigenvalue weighted by Crippen LogP contribution is 2.51. The van der Waals surface area contributed by atoms with Gasteiger partial charge < -0.3 is 15.8 Å². The molecule has 1 aliphatic carbocycles. The molecule has 16 heavy (non-hydrogen) atoms. The van der Waals surface area contributed by atoms with Gasteiger partial charge in [-0.05, 0) is 36.2 Å². The van der Waals surface area contributed by atoms with Crippen LogP contribution in [0.4, 0.5) is 10.8 Å². The molecule has 0 bridgehead atoms. The first kappa shape index (κ1) is 11.5. The standard InChI is InChI=1S/C11H19N3OS/c1-4-15-8-9(12)14-16-10(8)13-6-7-5-11(7,2)3/h7,13H,4-6H2,1-3H3,(H2,12,14). The highest BCUT2D eigenvalue weighted by Gasteiger charge is 2.45. The second-order valence-corrected chi connectivity index (χ2v) is 5.70. The van der Waals surface area contributed by atoms with E-state index in [1.54, 1.807) is 0 Å². The number of rotatable bonds is 5. The van der Waals surface area contributed by atoms with Crippen LogP contribution in [0, 0.1) is 11.3 Å². The molecular weight excluding hydrogens is 222 g/mol. The number of hydrogen-bond acceptors (Lipinski definition) is 5. The Kier molecular flexibility index (Phi) is 2.97. The molecule has 1 saturated carbocycles. The normalized spacial score (nSPS) is 21.8. The van der Waals surface area contributed by atoms with Crippen molar-refractivity contribution in [1.82, 2.24) is 4.37 Å². The molecular formula is C11H19N3OS. The Morgan fingerprint density at radius 2 is 2.31 bits per heavy atom. The molecule has 1 unspecified atom stereocenters. The van der Waals surface area contributed by atoms with Crippen LogP contribution >= 0.6 is 11.5 Å². The average Bonchev–Trinajstić information content (AvgIpc) is 2.68. The molecule has 0 aromatic carbocycles. The molecule has 3 N–H and O–H groups in total. The lowest BCUT2D eigenvalue weighted by molar-refractivity contribution is 0.344. The number of nitrogens with one attached hydrogen (secondary N) is 1. The van der Waals surface area contributed by atoms with Crippen molar-refractivity contribution in [2.45, 2.75) is 27.2 Å². The van der Waals surface area contributed by atoms with Crippen LogP contribution in [0.5, 0.6) is 5.75 Å². The van der Waals surface area contributed by atoms with E-state index < -0.39 is 0 Å². The molecule has 1 aromatic heterocycles. The molecule has 1 fully saturated rings. The first-order chi connectivity index (χ1) is 7.54. The van der Waals surface area contributed by atoms with Crippen LogP contribution < -0.4 is 15.8 Å². The molecule has 1 aromatic rings. The minimum absolute atomic E-state index is 0.490. The van der Waals surface area contributed by atoms with Crippen molar-refractivity contribution in [2.75, 3.05) is 24.2 Å². The van der Waals surface area contributed by atoms with Crippen molar-refractivity contribution in [3.63, 3.8) is 0 Å². The van der Waals surface area contributed by atoms with Gasteiger partial charge in [-0.1, -0.05) is 13.8 Å². The van der Waals surface area contributed by atoms with Crippen molar-refractivity contribution in [2.24, 2.45) is 11.3 Å². The Morgan fingerprint density at radius 3 is 2.88 bits per heavy atom. The van der Waals surface area contributed by atoms with Gasteiger partial charge in [0.2, 0.25) is 0 Å². The zero-order valence-corrected chi connectivity index (χ0v) is 10.9. The number of aromatic nitrogens is 1. The maximum absolute atomic E-state index is 5.74. The molecule has 0 saturated heterocycles. The summed E-state index contributed by atoms with van der Waals surface area (Å²) in [5, 5.41) is 4.35. The van der Waals surface area contributed by atoms with E-state index in [1.165, 1.54) is 18.0 Å². The van der Waals surface area contributed by atoms with Gasteiger partial charge in [0.1, 0.15) is 0 Å². The molecule has 0 amide bonds. The van der Waals surface area contributed by atoms with Gasteiger partial charge in [-0.3, -0.25) is 0 Å². The summed E-state index contributed by atoms with van der Waals surface area (Å²) >= 11 is 1.37. The molecule has 0 aliphatic heterocycles. The summed E-state index contributed by atoms with van der Waals surface area (Å²) in [5.74, 6) is 1.96. The van der Waals surface area contributed by atoms with E-state index in [4.69, 9.17) is 10.5 Å². The fourth-order valence-corrected chi connectivity index (χ4v) is 2.50. The van der Waals surface area contributed by atoms with Crippen molar-refractivity contribution in [1.29, 1.82) is 0 Å². The van der Waals surface area contributed by atoms with Crippen molar-refractivity contribution < 1.29 is 4.74 Å². The molecule has 1 aliphatic rings. The van der Waals surface area contributed by atoms with Crippen LogP contribution in [0.25, 0.3) is 0 Å². The first-order valence-corrected chi connectivity index (χ1v) is 6.43. The van der Waals surface area contributed by atoms with Crippen LogP contribution in [0.2, 0.25) is 0 Å². The van der Waals surface area contributed by atoms with Crippen LogP contribution in [-0.4, -0.2) is 17.5 Å². The summed E-state index contributed by atoms with van der Waals surface area (Å²) in [4.78, 5) is 0. The third-order valence-electron chi connectivity index (χ3n) is 3.19. The minimum Gasteiger partial charge on any atom is -0.487 e. The number of ether oxygens (including phenoxy) is 1. The van der Waals surface area contributed by atoms with E-state index in [2.05, 4.69) is 23.5 Å². The molecule has 1 atom stereocenters. The van der Waals surface area contributed by atoms with E-state index in [9.17, 15) is 0 Å². The number of nitrogens with two attached hydrogens (primary N) is 1. The molecule has 90 valence electrons. The Bertz CT molecular complexity index is 375. The van der Waals surface area contributed by atoms with Crippen molar-refractivity contribution in [3.8, 4) is 5.75 Å². The average molecular weight is 241 g/mol. The monoisotopic (exact) mass is 241 g/mol. The summed E-state index contributed by atoms with van der Waals surface area (Å²) in [6.07, 6.45) is 1.29. The zero-order chi connectivity index (χ0) is 11.8. The molecule has 0 radical (unpaired) electrons. The van der Waals surface area contributed by atoms with Crippen LogP contribution in [0.1, 0.15) is 27.2 Å². The van der Waals surface area contributed by atoms with E-state index in [0.29, 0.717) is 23.6 Å². The number of nitrogen functional groups attached to an aromatic ring is 1. The topological polar surface area (TPSA) is 60.2 Å². The minimum atomic E-state index is 0.490. The smallest absolute Gasteiger partial charge is 0.197 e. The maximum atomic E-state index is 5.74. The predicted molar refractivity (Wildman–Crippen MR) is 68.1 cm³/mol. The largest absolute Gasteiger partial charge is 0.487 e. The van der Waals surface area contributed by atoms with Crippen LogP contribution in [0.3, 0.4) is 0 Å². The van der Waals surface area contributed by atoms with Crippen LogP contribution in [-0.2, 0) is 0 Å². The van der Waals surface area contributed by atoms with Gasteiger partial charge in [0.15, 0.2) is 16.6 Å². The van der Waals surface area contributed by atoms with Gasteiger partial charge in [-0.25, -0.2) is 0 Å². The summed E-state index contributed by atoms with van der Waals surface area (Å²) < 4.78 is 9.57. The van der Waals surface area contributed by atoms with Gasteiger partial charge in [0, 0.05) is 6.54 Å². The summed E-state index contributed by atoms with van der Waals surface area (Å²) in [5.41, 5.74) is 6.23. The fourth-order valence-electron chi connectivity index (χ4n) is 1.83. The molecule has 4 nitrogen and oxygen atoms in total. The lowest BCUT2D eigenvalue weighted by atomic mass is 10.1. The van der Waals surface area contributed by atoms with E-state index in [1.807, 2.05) is 6.92 Å². The van der Waals surface area contributed by atoms with Gasteiger partial charge in [-0.15, -0.1) is 0 Å². The van der Waals surface area contributed by atoms with Crippen molar-refractivity contribution >= 4 is 22.4 Å². The summed E-state index contributed by atoms with van der Waals surface area (Å²) in [6.45, 7) is 8.14. The van der Waals surface area contributed by atoms with E-state index in [0.717, 1.165) is 17.5 Å². The maximum Gasteiger partial charge on any atom is 0.197 e. The molecule has 1 heterocycles. The van der Waals surface area contributed by atoms with E-state index in [-0.39, 0.29) is 0 Å². The quantitative estimate of drug-likeness (QED) is 0.832. The van der Waals surface area contributed by atoms with Gasteiger partial charge in [0.25, 0.3) is 0 Å². The third kappa shape index (κ3) is 2.24. The van der Waals surface area contributed by atoms with Crippen LogP contribution in [0.15, 0.2) is 0 Å². The number of anilines is 2. The Balaban J connectivity index is 1.94. The lowest BCUT2D eigenvalue weighted by Crippen LogP contribution is -2.07. The third-order valence-corrected chi connectivity index (χ3v) is 3.99. The Labute approximate surface area is 100 Å². The van der Waals surface area contributed by atoms with Gasteiger partial charge in [-0.2, -0.15) is 4.37 Å². The number of hydrogen-bond donors (Lipinski definition) is 2. The highest BCUT2D eigenvalue weighted by molar-refractivity contribution is 7.11. The summed E-state index contributed by atoms with van der Waals surface area (Å²) in [6, 6.07) is 0. The van der Waals surface area contributed by atoms with E-state index >= 15 is 0 Å². The lowest BCUT2D eigenvalue weighted by Gasteiger charge is -2.08.